The fourth-order valence-electron chi connectivity index (χ4n) is 2.37. The molecule has 0 spiro atoms. The van der Waals surface area contributed by atoms with Crippen molar-refractivity contribution in [3.63, 3.8) is 0 Å². The minimum absolute atomic E-state index is 0.129. The van der Waals surface area contributed by atoms with Crippen LogP contribution in [0.3, 0.4) is 0 Å². The molecule has 1 aliphatic rings. The highest BCUT2D eigenvalue weighted by molar-refractivity contribution is 9.10. The third-order valence-electron chi connectivity index (χ3n) is 3.36. The number of hydrogen-bond acceptors (Lipinski definition) is 2. The van der Waals surface area contributed by atoms with Crippen LogP contribution < -0.4 is 10.9 Å². The highest BCUT2D eigenvalue weighted by atomic mass is 79.9. The molecule has 0 saturated carbocycles. The largest absolute Gasteiger partial charge is 0.314 e. The van der Waals surface area contributed by atoms with Crippen molar-refractivity contribution < 1.29 is 0 Å². The van der Waals surface area contributed by atoms with Gasteiger partial charge in [-0.15, -0.1) is 0 Å². The number of aromatic nitrogens is 1. The lowest BCUT2D eigenvalue weighted by atomic mass is 10.0. The van der Waals surface area contributed by atoms with Gasteiger partial charge in [0, 0.05) is 28.8 Å². The van der Waals surface area contributed by atoms with Gasteiger partial charge in [-0.2, -0.15) is 0 Å². The smallest absolute Gasteiger partial charge is 0.253 e. The predicted molar refractivity (Wildman–Crippen MR) is 73.4 cm³/mol. The monoisotopic (exact) mass is 298 g/mol. The molecule has 1 aromatic rings. The molecule has 0 radical (unpaired) electrons. The zero-order valence-corrected chi connectivity index (χ0v) is 11.8. The average Bonchev–Trinajstić information content (AvgIpc) is 2.33. The molecule has 0 aliphatic carbocycles. The molecule has 0 bridgehead atoms. The zero-order valence-electron chi connectivity index (χ0n) is 10.2. The predicted octanol–water partition coefficient (Wildman–Crippen LogP) is 2.45. The first kappa shape index (κ1) is 12.8. The first-order valence-electron chi connectivity index (χ1n) is 6.27. The molecular weight excluding hydrogens is 280 g/mol. The third-order valence-corrected chi connectivity index (χ3v) is 3.80. The molecule has 94 valence electrons. The number of rotatable bonds is 3. The Morgan fingerprint density at radius 2 is 2.35 bits per heavy atom. The van der Waals surface area contributed by atoms with Crippen molar-refractivity contribution in [3.8, 4) is 0 Å². The van der Waals surface area contributed by atoms with Crippen LogP contribution in [0.5, 0.6) is 0 Å². The van der Waals surface area contributed by atoms with E-state index in [0.717, 1.165) is 29.5 Å². The molecule has 1 aliphatic heterocycles. The lowest BCUT2D eigenvalue weighted by molar-refractivity contribution is 0.365. The van der Waals surface area contributed by atoms with Gasteiger partial charge in [-0.1, -0.05) is 6.42 Å². The van der Waals surface area contributed by atoms with Gasteiger partial charge in [0.2, 0.25) is 0 Å². The lowest BCUT2D eigenvalue weighted by Gasteiger charge is -2.23. The van der Waals surface area contributed by atoms with E-state index >= 15 is 0 Å². The molecule has 2 rings (SSSR count). The van der Waals surface area contributed by atoms with Crippen LogP contribution in [0.2, 0.25) is 0 Å². The van der Waals surface area contributed by atoms with Crippen molar-refractivity contribution in [1.82, 2.24) is 9.88 Å². The molecule has 1 saturated heterocycles. The molecule has 1 unspecified atom stereocenters. The lowest BCUT2D eigenvalue weighted by Crippen LogP contribution is -2.35. The fourth-order valence-corrected chi connectivity index (χ4v) is 2.96. The molecule has 1 aromatic heterocycles. The molecule has 17 heavy (non-hydrogen) atoms. The van der Waals surface area contributed by atoms with Crippen molar-refractivity contribution in [2.45, 2.75) is 45.2 Å². The first-order chi connectivity index (χ1) is 8.16. The topological polar surface area (TPSA) is 34.0 Å². The van der Waals surface area contributed by atoms with Crippen LogP contribution in [0.25, 0.3) is 0 Å². The van der Waals surface area contributed by atoms with E-state index in [-0.39, 0.29) is 5.56 Å². The van der Waals surface area contributed by atoms with Crippen LogP contribution in [0.1, 0.15) is 31.2 Å². The quantitative estimate of drug-likeness (QED) is 0.930. The zero-order chi connectivity index (χ0) is 12.3. The molecule has 1 fully saturated rings. The summed E-state index contributed by atoms with van der Waals surface area (Å²) in [6, 6.07) is 2.45. The molecular formula is C13H19BrN2O. The molecule has 3 nitrogen and oxygen atoms in total. The summed E-state index contributed by atoms with van der Waals surface area (Å²) in [7, 11) is 0. The minimum atomic E-state index is 0.129. The van der Waals surface area contributed by atoms with E-state index in [1.165, 1.54) is 19.3 Å². The van der Waals surface area contributed by atoms with E-state index in [9.17, 15) is 4.79 Å². The van der Waals surface area contributed by atoms with Gasteiger partial charge in [0.25, 0.3) is 5.56 Å². The standard InChI is InChI=1S/C13H19BrN2O/c1-10-8-11(14)9-16(13(10)17)7-5-12-4-2-3-6-15-12/h8-9,12,15H,2-7H2,1H3. The summed E-state index contributed by atoms with van der Waals surface area (Å²) in [6.07, 6.45) is 6.76. The second-order valence-corrected chi connectivity index (χ2v) is 5.69. The number of piperidine rings is 1. The Balaban J connectivity index is 2.00. The normalized spacial score (nSPS) is 20.5. The Kier molecular flexibility index (Phi) is 4.40. The maximum Gasteiger partial charge on any atom is 0.253 e. The van der Waals surface area contributed by atoms with E-state index in [0.29, 0.717) is 6.04 Å². The number of halogens is 1. The summed E-state index contributed by atoms with van der Waals surface area (Å²) < 4.78 is 2.79. The average molecular weight is 299 g/mol. The second-order valence-electron chi connectivity index (χ2n) is 4.78. The van der Waals surface area contributed by atoms with Crippen LogP contribution in [0, 0.1) is 6.92 Å². The van der Waals surface area contributed by atoms with Crippen LogP contribution in [0.4, 0.5) is 0 Å². The van der Waals surface area contributed by atoms with Gasteiger partial charge < -0.3 is 9.88 Å². The first-order valence-corrected chi connectivity index (χ1v) is 7.06. The molecule has 4 heteroatoms. The second kappa shape index (κ2) is 5.83. The summed E-state index contributed by atoms with van der Waals surface area (Å²) in [5.41, 5.74) is 0.931. The Morgan fingerprint density at radius 1 is 1.53 bits per heavy atom. The minimum Gasteiger partial charge on any atom is -0.314 e. The molecule has 1 N–H and O–H groups in total. The van der Waals surface area contributed by atoms with Gasteiger partial charge in [0.15, 0.2) is 0 Å². The van der Waals surface area contributed by atoms with Crippen LogP contribution in [-0.2, 0) is 6.54 Å². The summed E-state index contributed by atoms with van der Waals surface area (Å²) in [5.74, 6) is 0. The Hall–Kier alpha value is -0.610. The van der Waals surface area contributed by atoms with Gasteiger partial charge in [0.05, 0.1) is 0 Å². The summed E-state index contributed by atoms with van der Waals surface area (Å²) in [5, 5.41) is 3.51. The van der Waals surface area contributed by atoms with Gasteiger partial charge in [0.1, 0.15) is 0 Å². The van der Waals surface area contributed by atoms with Crippen LogP contribution in [0.15, 0.2) is 21.5 Å². The summed E-state index contributed by atoms with van der Waals surface area (Å²) in [6.45, 7) is 3.79. The fraction of sp³-hybridized carbons (Fsp3) is 0.615. The van der Waals surface area contributed by atoms with Crippen LogP contribution >= 0.6 is 15.9 Å². The molecule has 0 aromatic carbocycles. The summed E-state index contributed by atoms with van der Waals surface area (Å²) >= 11 is 3.44. The third kappa shape index (κ3) is 3.42. The van der Waals surface area contributed by atoms with Crippen molar-refractivity contribution >= 4 is 15.9 Å². The van der Waals surface area contributed by atoms with E-state index in [1.807, 2.05) is 23.8 Å². The maximum atomic E-state index is 11.9. The molecule has 2 heterocycles. The van der Waals surface area contributed by atoms with E-state index in [4.69, 9.17) is 0 Å². The van der Waals surface area contributed by atoms with Crippen molar-refractivity contribution in [1.29, 1.82) is 0 Å². The Labute approximate surface area is 110 Å². The number of nitrogens with zero attached hydrogens (tertiary/aromatic N) is 1. The number of pyridine rings is 1. The highest BCUT2D eigenvalue weighted by Gasteiger charge is 2.12. The SMILES string of the molecule is Cc1cc(Br)cn(CCC2CCCCN2)c1=O. The Bertz CT molecular complexity index is 436. The van der Waals surface area contributed by atoms with Crippen molar-refractivity contribution in [2.24, 2.45) is 0 Å². The van der Waals surface area contributed by atoms with Gasteiger partial charge >= 0.3 is 0 Å². The number of nitrogens with one attached hydrogen (secondary N) is 1. The Morgan fingerprint density at radius 3 is 3.06 bits per heavy atom. The maximum absolute atomic E-state index is 11.9. The number of aryl methyl sites for hydroxylation is 2. The van der Waals surface area contributed by atoms with Crippen molar-refractivity contribution in [2.75, 3.05) is 6.54 Å². The molecule has 1 atom stereocenters. The van der Waals surface area contributed by atoms with E-state index in [2.05, 4.69) is 21.2 Å². The van der Waals surface area contributed by atoms with Crippen molar-refractivity contribution in [3.05, 3.63) is 32.7 Å². The molecule has 0 amide bonds. The highest BCUT2D eigenvalue weighted by Crippen LogP contribution is 2.12. The van der Waals surface area contributed by atoms with E-state index < -0.39 is 0 Å². The van der Waals surface area contributed by atoms with Crippen LogP contribution in [-0.4, -0.2) is 17.2 Å². The summed E-state index contributed by atoms with van der Waals surface area (Å²) in [4.78, 5) is 11.9. The van der Waals surface area contributed by atoms with Gasteiger partial charge in [-0.25, -0.2) is 0 Å². The van der Waals surface area contributed by atoms with E-state index in [1.54, 1.807) is 0 Å². The van der Waals surface area contributed by atoms with Gasteiger partial charge in [-0.05, 0) is 54.7 Å². The number of hydrogen-bond donors (Lipinski definition) is 1. The van der Waals surface area contributed by atoms with Gasteiger partial charge in [-0.3, -0.25) is 4.79 Å².